The average Bonchev–Trinajstić information content (AvgIpc) is 2.48. The van der Waals surface area contributed by atoms with Gasteiger partial charge in [-0.1, -0.05) is 51.1 Å². The molecule has 0 heterocycles. The van der Waals surface area contributed by atoms with Gasteiger partial charge in [0, 0.05) is 11.8 Å². The van der Waals surface area contributed by atoms with E-state index in [0.717, 1.165) is 5.56 Å². The van der Waals surface area contributed by atoms with Crippen molar-refractivity contribution in [1.82, 2.24) is 10.6 Å². The molecule has 6 heteroatoms. The molecule has 0 saturated carbocycles. The van der Waals surface area contributed by atoms with Crippen molar-refractivity contribution in [2.24, 2.45) is 5.41 Å². The average molecular weight is 320 g/mol. The second-order valence-electron chi connectivity index (χ2n) is 6.40. The van der Waals surface area contributed by atoms with Gasteiger partial charge in [0.2, 0.25) is 11.8 Å². The highest BCUT2D eigenvalue weighted by Crippen LogP contribution is 2.18. The zero-order valence-corrected chi connectivity index (χ0v) is 13.8. The van der Waals surface area contributed by atoms with Gasteiger partial charge in [-0.3, -0.25) is 14.4 Å². The molecule has 126 valence electrons. The summed E-state index contributed by atoms with van der Waals surface area (Å²) in [6.45, 7) is 5.16. The smallest absolute Gasteiger partial charge is 0.303 e. The number of carbonyl (C=O) groups excluding carboxylic acids is 2. The van der Waals surface area contributed by atoms with Crippen LogP contribution < -0.4 is 10.6 Å². The van der Waals surface area contributed by atoms with Crippen LogP contribution in [0.3, 0.4) is 0 Å². The van der Waals surface area contributed by atoms with Crippen LogP contribution in [0, 0.1) is 5.41 Å². The summed E-state index contributed by atoms with van der Waals surface area (Å²) in [5.74, 6) is -1.47. The number of carboxylic acids is 1. The van der Waals surface area contributed by atoms with Crippen LogP contribution in [0.4, 0.5) is 0 Å². The number of benzene rings is 1. The number of hydrogen-bond donors (Lipinski definition) is 3. The molecule has 3 N–H and O–H groups in total. The van der Waals surface area contributed by atoms with Crippen molar-refractivity contribution in [3.63, 3.8) is 0 Å². The molecule has 0 saturated heterocycles. The summed E-state index contributed by atoms with van der Waals surface area (Å²) in [6.07, 6.45) is 0.243. The van der Waals surface area contributed by atoms with Crippen LogP contribution in [0.15, 0.2) is 30.3 Å². The molecule has 0 spiro atoms. The van der Waals surface area contributed by atoms with Gasteiger partial charge in [-0.05, 0) is 12.0 Å². The maximum absolute atomic E-state index is 12.0. The Morgan fingerprint density at radius 1 is 1.13 bits per heavy atom. The third-order valence-electron chi connectivity index (χ3n) is 3.27. The minimum Gasteiger partial charge on any atom is -0.481 e. The summed E-state index contributed by atoms with van der Waals surface area (Å²) >= 11 is 0. The Hall–Kier alpha value is -2.37. The number of nitrogens with one attached hydrogen (secondary N) is 2. The Kier molecular flexibility index (Phi) is 6.75. The van der Waals surface area contributed by atoms with Crippen molar-refractivity contribution < 1.29 is 19.5 Å². The summed E-state index contributed by atoms with van der Waals surface area (Å²) in [6, 6.07) is 8.78. The number of hydrogen-bond acceptors (Lipinski definition) is 3. The van der Waals surface area contributed by atoms with Crippen LogP contribution in [0.5, 0.6) is 0 Å². The lowest BCUT2D eigenvalue weighted by Crippen LogP contribution is -2.42. The third-order valence-corrected chi connectivity index (χ3v) is 3.27. The van der Waals surface area contributed by atoms with Gasteiger partial charge in [0.1, 0.15) is 0 Å². The summed E-state index contributed by atoms with van der Waals surface area (Å²) < 4.78 is 0. The molecule has 1 atom stereocenters. The van der Waals surface area contributed by atoms with E-state index >= 15 is 0 Å². The maximum Gasteiger partial charge on any atom is 0.303 e. The van der Waals surface area contributed by atoms with Crippen molar-refractivity contribution in [3.8, 4) is 0 Å². The predicted octanol–water partition coefficient (Wildman–Crippen LogP) is 1.87. The molecule has 0 aliphatic rings. The van der Waals surface area contributed by atoms with E-state index < -0.39 is 17.4 Å². The van der Waals surface area contributed by atoms with Gasteiger partial charge in [0.15, 0.2) is 0 Å². The monoisotopic (exact) mass is 320 g/mol. The highest BCUT2D eigenvalue weighted by atomic mass is 16.4. The van der Waals surface area contributed by atoms with Gasteiger partial charge in [-0.2, -0.15) is 0 Å². The molecule has 0 aliphatic carbocycles. The van der Waals surface area contributed by atoms with Crippen molar-refractivity contribution in [3.05, 3.63) is 35.9 Å². The second kappa shape index (κ2) is 8.31. The molecule has 1 rings (SSSR count). The van der Waals surface area contributed by atoms with Crippen LogP contribution >= 0.6 is 0 Å². The summed E-state index contributed by atoms with van der Waals surface area (Å²) in [7, 11) is 0. The number of aliphatic carboxylic acids is 1. The van der Waals surface area contributed by atoms with Gasteiger partial charge in [0.05, 0.1) is 12.6 Å². The number of carbonyl (C=O) groups is 3. The first-order chi connectivity index (χ1) is 10.7. The standard InChI is InChI=1S/C17H24N2O4/c1-17(2,3)16(23)18-11-14(20)19-13(9-10-15(21)22)12-7-5-4-6-8-12/h4-8,13H,9-11H2,1-3H3,(H,18,23)(H,19,20)(H,21,22). The minimum atomic E-state index is -0.916. The molecule has 0 fully saturated rings. The molecule has 0 aliphatic heterocycles. The SMILES string of the molecule is CC(C)(C)C(=O)NCC(=O)NC(CCC(=O)O)c1ccccc1. The zero-order valence-electron chi connectivity index (χ0n) is 13.8. The van der Waals surface area contributed by atoms with Crippen LogP contribution in [-0.2, 0) is 14.4 Å². The number of carboxylic acid groups (broad SMARTS) is 1. The molecule has 2 amide bonds. The number of amides is 2. The van der Waals surface area contributed by atoms with Crippen LogP contribution in [-0.4, -0.2) is 29.4 Å². The quantitative estimate of drug-likeness (QED) is 0.714. The highest BCUT2D eigenvalue weighted by molar-refractivity contribution is 5.87. The molecule has 0 radical (unpaired) electrons. The van der Waals surface area contributed by atoms with Crippen LogP contribution in [0.25, 0.3) is 0 Å². The first-order valence-electron chi connectivity index (χ1n) is 7.54. The van der Waals surface area contributed by atoms with E-state index in [1.807, 2.05) is 30.3 Å². The van der Waals surface area contributed by atoms with Gasteiger partial charge >= 0.3 is 5.97 Å². The Morgan fingerprint density at radius 3 is 2.26 bits per heavy atom. The highest BCUT2D eigenvalue weighted by Gasteiger charge is 2.22. The molecular weight excluding hydrogens is 296 g/mol. The van der Waals surface area contributed by atoms with E-state index in [1.165, 1.54) is 0 Å². The van der Waals surface area contributed by atoms with E-state index in [4.69, 9.17) is 5.11 Å². The van der Waals surface area contributed by atoms with E-state index in [0.29, 0.717) is 0 Å². The van der Waals surface area contributed by atoms with Crippen molar-refractivity contribution in [2.45, 2.75) is 39.7 Å². The maximum atomic E-state index is 12.0. The Bertz CT molecular complexity index is 549. The molecule has 0 aromatic heterocycles. The zero-order chi connectivity index (χ0) is 17.5. The van der Waals surface area contributed by atoms with Crippen molar-refractivity contribution >= 4 is 17.8 Å². The van der Waals surface area contributed by atoms with Crippen LogP contribution in [0.2, 0.25) is 0 Å². The lowest BCUT2D eigenvalue weighted by atomic mass is 9.96. The first kappa shape index (κ1) is 18.7. The van der Waals surface area contributed by atoms with Gasteiger partial charge in [-0.15, -0.1) is 0 Å². The lowest BCUT2D eigenvalue weighted by Gasteiger charge is -2.20. The molecule has 1 unspecified atom stereocenters. The number of rotatable bonds is 7. The third kappa shape index (κ3) is 6.95. The lowest BCUT2D eigenvalue weighted by molar-refractivity contribution is -0.137. The van der Waals surface area contributed by atoms with Crippen LogP contribution in [0.1, 0.15) is 45.2 Å². The summed E-state index contributed by atoms with van der Waals surface area (Å²) in [5, 5.41) is 14.2. The summed E-state index contributed by atoms with van der Waals surface area (Å²) in [4.78, 5) is 34.6. The predicted molar refractivity (Wildman–Crippen MR) is 86.7 cm³/mol. The Balaban J connectivity index is 2.64. The topological polar surface area (TPSA) is 95.5 Å². The normalized spacial score (nSPS) is 12.3. The van der Waals surface area contributed by atoms with E-state index in [1.54, 1.807) is 20.8 Å². The fourth-order valence-corrected chi connectivity index (χ4v) is 1.95. The fraction of sp³-hybridized carbons (Fsp3) is 0.471. The largest absolute Gasteiger partial charge is 0.481 e. The fourth-order valence-electron chi connectivity index (χ4n) is 1.95. The second-order valence-corrected chi connectivity index (χ2v) is 6.40. The van der Waals surface area contributed by atoms with Gasteiger partial charge in [0.25, 0.3) is 0 Å². The van der Waals surface area contributed by atoms with Gasteiger partial charge in [-0.25, -0.2) is 0 Å². The van der Waals surface area contributed by atoms with E-state index in [2.05, 4.69) is 10.6 Å². The molecule has 0 bridgehead atoms. The van der Waals surface area contributed by atoms with E-state index in [-0.39, 0.29) is 31.2 Å². The van der Waals surface area contributed by atoms with E-state index in [9.17, 15) is 14.4 Å². The van der Waals surface area contributed by atoms with Gasteiger partial charge < -0.3 is 15.7 Å². The molecule has 23 heavy (non-hydrogen) atoms. The summed E-state index contributed by atoms with van der Waals surface area (Å²) in [5.41, 5.74) is 0.270. The Morgan fingerprint density at radius 2 is 1.74 bits per heavy atom. The molecular formula is C17H24N2O4. The van der Waals surface area contributed by atoms with Crippen molar-refractivity contribution in [1.29, 1.82) is 0 Å². The minimum absolute atomic E-state index is 0.0474. The molecule has 1 aromatic carbocycles. The molecule has 6 nitrogen and oxygen atoms in total. The van der Waals surface area contributed by atoms with Crippen molar-refractivity contribution in [2.75, 3.05) is 6.54 Å². The Labute approximate surface area is 136 Å². The first-order valence-corrected chi connectivity index (χ1v) is 7.54. The molecule has 1 aromatic rings.